The van der Waals surface area contributed by atoms with Gasteiger partial charge in [0, 0.05) is 0 Å². The minimum atomic E-state index is -4.69. The van der Waals surface area contributed by atoms with Gasteiger partial charge in [0.2, 0.25) is 0 Å². The summed E-state index contributed by atoms with van der Waals surface area (Å²) in [6.07, 6.45) is -0.944. The molecule has 1 heterocycles. The van der Waals surface area contributed by atoms with Gasteiger partial charge in [0.05, 0.1) is 5.57 Å². The number of alkyl halides is 3. The van der Waals surface area contributed by atoms with Crippen LogP contribution in [0.5, 0.6) is 0 Å². The zero-order chi connectivity index (χ0) is 23.5. The summed E-state index contributed by atoms with van der Waals surface area (Å²) in [7, 11) is 0. The van der Waals surface area contributed by atoms with Crippen molar-refractivity contribution in [1.29, 1.82) is 0 Å². The number of likely N-dealkylation sites (tertiary alicyclic amines) is 1. The van der Waals surface area contributed by atoms with E-state index in [4.69, 9.17) is 0 Å². The van der Waals surface area contributed by atoms with Crippen LogP contribution in [0.15, 0.2) is 41.5 Å². The molecule has 6 nitrogen and oxygen atoms in total. The van der Waals surface area contributed by atoms with Gasteiger partial charge in [-0.15, -0.1) is 0 Å². The SMILES string of the molecule is CC(CCc1ccccc1)=C1C(=O)N(C(=O)NC(C2CCCCC2)C(F)(F)F)C1C(=O)O. The van der Waals surface area contributed by atoms with Gasteiger partial charge in [-0.05, 0) is 44.1 Å². The van der Waals surface area contributed by atoms with E-state index in [0.29, 0.717) is 49.0 Å². The first-order valence-electron chi connectivity index (χ1n) is 10.8. The summed E-state index contributed by atoms with van der Waals surface area (Å²) in [5.41, 5.74) is 1.47. The lowest BCUT2D eigenvalue weighted by molar-refractivity contribution is -0.169. The third-order valence-corrected chi connectivity index (χ3v) is 6.28. The van der Waals surface area contributed by atoms with Gasteiger partial charge in [0.1, 0.15) is 6.04 Å². The number of benzene rings is 1. The summed E-state index contributed by atoms with van der Waals surface area (Å²) in [5.74, 6) is -3.09. The number of rotatable bonds is 6. The molecule has 2 unspecified atom stereocenters. The first kappa shape index (κ1) is 23.8. The lowest BCUT2D eigenvalue weighted by Crippen LogP contribution is -2.66. The monoisotopic (exact) mass is 452 g/mol. The van der Waals surface area contributed by atoms with Gasteiger partial charge >= 0.3 is 18.2 Å². The number of amides is 3. The molecule has 2 aliphatic rings. The normalized spacial score (nSPS) is 22.2. The molecular formula is C23H27F3N2O4. The van der Waals surface area contributed by atoms with Crippen LogP contribution >= 0.6 is 0 Å². The second-order valence-corrected chi connectivity index (χ2v) is 8.46. The quantitative estimate of drug-likeness (QED) is 0.493. The molecule has 2 atom stereocenters. The van der Waals surface area contributed by atoms with Crippen molar-refractivity contribution in [2.75, 3.05) is 0 Å². The number of carboxylic acid groups (broad SMARTS) is 1. The molecule has 0 spiro atoms. The van der Waals surface area contributed by atoms with Crippen LogP contribution in [-0.4, -0.2) is 46.2 Å². The van der Waals surface area contributed by atoms with Gasteiger partial charge in [-0.1, -0.05) is 55.2 Å². The van der Waals surface area contributed by atoms with E-state index in [9.17, 15) is 32.7 Å². The number of nitrogens with one attached hydrogen (secondary N) is 1. The number of hydrogen-bond donors (Lipinski definition) is 2. The zero-order valence-electron chi connectivity index (χ0n) is 17.8. The maximum absolute atomic E-state index is 13.6. The molecule has 1 saturated carbocycles. The Morgan fingerprint density at radius 1 is 1.16 bits per heavy atom. The maximum atomic E-state index is 13.6. The van der Waals surface area contributed by atoms with E-state index in [-0.39, 0.29) is 5.57 Å². The molecule has 3 rings (SSSR count). The number of hydrogen-bond acceptors (Lipinski definition) is 3. The second kappa shape index (κ2) is 9.75. The van der Waals surface area contributed by atoms with Crippen molar-refractivity contribution in [3.8, 4) is 0 Å². The Labute approximate surface area is 184 Å². The smallest absolute Gasteiger partial charge is 0.408 e. The molecular weight excluding hydrogens is 425 g/mol. The number of imide groups is 1. The van der Waals surface area contributed by atoms with E-state index in [1.165, 1.54) is 0 Å². The summed E-state index contributed by atoms with van der Waals surface area (Å²) in [6.45, 7) is 1.61. The Hall–Kier alpha value is -2.84. The minimum absolute atomic E-state index is 0.0372. The molecule has 1 aromatic carbocycles. The lowest BCUT2D eigenvalue weighted by atomic mass is 9.83. The van der Waals surface area contributed by atoms with Gasteiger partial charge in [0.25, 0.3) is 5.91 Å². The van der Waals surface area contributed by atoms with Crippen LogP contribution < -0.4 is 5.32 Å². The van der Waals surface area contributed by atoms with E-state index in [0.717, 1.165) is 12.0 Å². The highest BCUT2D eigenvalue weighted by atomic mass is 19.4. The molecule has 174 valence electrons. The van der Waals surface area contributed by atoms with Crippen LogP contribution in [0.4, 0.5) is 18.0 Å². The first-order chi connectivity index (χ1) is 15.1. The fourth-order valence-corrected chi connectivity index (χ4v) is 4.53. The van der Waals surface area contributed by atoms with E-state index >= 15 is 0 Å². The third kappa shape index (κ3) is 5.14. The summed E-state index contributed by atoms with van der Waals surface area (Å²) in [4.78, 5) is 37.4. The van der Waals surface area contributed by atoms with Crippen molar-refractivity contribution in [2.24, 2.45) is 5.92 Å². The van der Waals surface area contributed by atoms with Crippen molar-refractivity contribution in [3.63, 3.8) is 0 Å². The highest BCUT2D eigenvalue weighted by Gasteiger charge is 2.54. The fourth-order valence-electron chi connectivity index (χ4n) is 4.53. The van der Waals surface area contributed by atoms with Crippen LogP contribution in [0.2, 0.25) is 0 Å². The molecule has 9 heteroatoms. The summed E-state index contributed by atoms with van der Waals surface area (Å²) in [5, 5.41) is 11.5. The van der Waals surface area contributed by atoms with Crippen molar-refractivity contribution >= 4 is 17.9 Å². The van der Waals surface area contributed by atoms with Crippen molar-refractivity contribution in [3.05, 3.63) is 47.0 Å². The van der Waals surface area contributed by atoms with Gasteiger partial charge in [-0.3, -0.25) is 4.79 Å². The Bertz CT molecular complexity index is 892. The highest BCUT2D eigenvalue weighted by molar-refractivity contribution is 6.18. The van der Waals surface area contributed by atoms with E-state index in [1.807, 2.05) is 35.6 Å². The average molecular weight is 452 g/mol. The molecule has 1 aliphatic carbocycles. The number of halogens is 3. The molecule has 0 bridgehead atoms. The van der Waals surface area contributed by atoms with Gasteiger partial charge in [-0.2, -0.15) is 13.2 Å². The van der Waals surface area contributed by atoms with Crippen molar-refractivity contribution < 1.29 is 32.7 Å². The van der Waals surface area contributed by atoms with E-state index in [2.05, 4.69) is 0 Å². The molecule has 0 radical (unpaired) electrons. The molecule has 1 aliphatic heterocycles. The van der Waals surface area contributed by atoms with Crippen molar-refractivity contribution in [1.82, 2.24) is 10.2 Å². The maximum Gasteiger partial charge on any atom is 0.408 e. The number of allylic oxidation sites excluding steroid dienone is 1. The fraction of sp³-hybridized carbons (Fsp3) is 0.522. The number of aliphatic carboxylic acids is 1. The molecule has 2 N–H and O–H groups in total. The largest absolute Gasteiger partial charge is 0.479 e. The van der Waals surface area contributed by atoms with Crippen LogP contribution in [0, 0.1) is 5.92 Å². The Balaban J connectivity index is 1.74. The molecule has 1 aromatic rings. The lowest BCUT2D eigenvalue weighted by Gasteiger charge is -2.41. The number of carbonyl (C=O) groups is 3. The Morgan fingerprint density at radius 3 is 2.34 bits per heavy atom. The molecule has 3 amide bonds. The predicted molar refractivity (Wildman–Crippen MR) is 111 cm³/mol. The first-order valence-corrected chi connectivity index (χ1v) is 10.8. The molecule has 2 fully saturated rings. The Kier molecular flexibility index (Phi) is 7.26. The minimum Gasteiger partial charge on any atom is -0.479 e. The number of aryl methyl sites for hydroxylation is 1. The van der Waals surface area contributed by atoms with Crippen LogP contribution in [0.3, 0.4) is 0 Å². The summed E-state index contributed by atoms with van der Waals surface area (Å²) < 4.78 is 40.9. The molecule has 0 aromatic heterocycles. The standard InChI is InChI=1S/C23H27F3N2O4/c1-14(12-13-15-8-4-2-5-9-15)17-18(21(30)31)28(20(17)29)22(32)27-19(23(24,25)26)16-10-6-3-7-11-16/h2,4-5,8-9,16,18-19H,3,6-7,10-13H2,1H3,(H,27,32)(H,30,31). The van der Waals surface area contributed by atoms with Crippen LogP contribution in [0.25, 0.3) is 0 Å². The number of carbonyl (C=O) groups excluding carboxylic acids is 2. The zero-order valence-corrected chi connectivity index (χ0v) is 17.8. The van der Waals surface area contributed by atoms with Crippen LogP contribution in [-0.2, 0) is 16.0 Å². The van der Waals surface area contributed by atoms with E-state index in [1.54, 1.807) is 6.92 Å². The van der Waals surface area contributed by atoms with E-state index < -0.39 is 42.1 Å². The van der Waals surface area contributed by atoms with Crippen molar-refractivity contribution in [2.45, 2.75) is 70.1 Å². The highest BCUT2D eigenvalue weighted by Crippen LogP contribution is 2.36. The topological polar surface area (TPSA) is 86.7 Å². The second-order valence-electron chi connectivity index (χ2n) is 8.46. The molecule has 32 heavy (non-hydrogen) atoms. The number of β-lactam (4-membered cyclic amide) rings is 1. The number of nitrogens with zero attached hydrogens (tertiary/aromatic N) is 1. The third-order valence-electron chi connectivity index (χ3n) is 6.28. The number of carboxylic acids is 1. The molecule has 1 saturated heterocycles. The van der Waals surface area contributed by atoms with Crippen LogP contribution in [0.1, 0.15) is 51.0 Å². The number of urea groups is 1. The van der Waals surface area contributed by atoms with Gasteiger partial charge in [0.15, 0.2) is 6.04 Å². The summed E-state index contributed by atoms with van der Waals surface area (Å²) in [6, 6.07) is 4.39. The van der Waals surface area contributed by atoms with Gasteiger partial charge < -0.3 is 10.4 Å². The predicted octanol–water partition coefficient (Wildman–Crippen LogP) is 4.45. The average Bonchev–Trinajstić information content (AvgIpc) is 2.74. The summed E-state index contributed by atoms with van der Waals surface area (Å²) >= 11 is 0. The van der Waals surface area contributed by atoms with Gasteiger partial charge in [-0.25, -0.2) is 14.5 Å². The Morgan fingerprint density at radius 2 is 1.78 bits per heavy atom.